The highest BCUT2D eigenvalue weighted by Gasteiger charge is 2.52. The molecule has 1 aliphatic rings. The van der Waals surface area contributed by atoms with Crippen molar-refractivity contribution in [3.8, 4) is 0 Å². The van der Waals surface area contributed by atoms with Gasteiger partial charge in [0.05, 0.1) is 12.4 Å². The number of esters is 3. The number of rotatable bonds is 4. The number of aromatic nitrogens is 4. The lowest BCUT2D eigenvalue weighted by atomic mass is 9.97. The van der Waals surface area contributed by atoms with Crippen molar-refractivity contribution in [2.75, 3.05) is 0 Å². The van der Waals surface area contributed by atoms with E-state index < -0.39 is 83.6 Å². The first-order chi connectivity index (χ1) is 16.5. The summed E-state index contributed by atoms with van der Waals surface area (Å²) in [5, 5.41) is 0. The number of nitrogens with zero attached hydrogens (tertiary/aromatic N) is 4. The van der Waals surface area contributed by atoms with Crippen LogP contribution >= 0.6 is 0 Å². The van der Waals surface area contributed by atoms with Crippen molar-refractivity contribution < 1.29 is 59.7 Å². The van der Waals surface area contributed by atoms with Crippen molar-refractivity contribution >= 4 is 29.1 Å². The minimum absolute atomic E-state index is 0.659. The Morgan fingerprint density at radius 1 is 0.861 bits per heavy atom. The number of hydrogen-bond donors (Lipinski definition) is 0. The molecule has 0 spiro atoms. The maximum atomic E-state index is 13.5. The Balaban J connectivity index is 2.24. The maximum Gasteiger partial charge on any atom is 0.451 e. The average molecular weight is 528 g/mol. The lowest BCUT2D eigenvalue weighted by Crippen LogP contribution is -2.58. The lowest BCUT2D eigenvalue weighted by Gasteiger charge is -2.43. The highest BCUT2D eigenvalue weighted by Crippen LogP contribution is 2.39. The van der Waals surface area contributed by atoms with Crippen molar-refractivity contribution in [2.24, 2.45) is 0 Å². The topological polar surface area (TPSA) is 132 Å². The molecule has 0 aliphatic carbocycles. The average Bonchev–Trinajstić information content (AvgIpc) is 3.13. The molecule has 0 bridgehead atoms. The zero-order chi connectivity index (χ0) is 27.2. The first kappa shape index (κ1) is 27.1. The Morgan fingerprint density at radius 3 is 1.89 bits per heavy atom. The molecule has 2 aromatic heterocycles. The molecule has 0 radical (unpaired) electrons. The molecule has 3 heterocycles. The molecule has 1 fully saturated rings. The van der Waals surface area contributed by atoms with E-state index in [0.29, 0.717) is 10.9 Å². The van der Waals surface area contributed by atoms with Crippen molar-refractivity contribution in [3.63, 3.8) is 0 Å². The summed E-state index contributed by atoms with van der Waals surface area (Å²) in [5.74, 6) is -4.84. The smallest absolute Gasteiger partial charge is 0.451 e. The molecule has 11 nitrogen and oxygen atoms in total. The summed E-state index contributed by atoms with van der Waals surface area (Å²) in [4.78, 5) is 44.5. The molecule has 0 unspecified atom stereocenters. The van der Waals surface area contributed by atoms with Gasteiger partial charge in [0.15, 0.2) is 35.9 Å². The van der Waals surface area contributed by atoms with Crippen LogP contribution in [0.25, 0.3) is 11.2 Å². The van der Waals surface area contributed by atoms with Crippen LogP contribution in [0.5, 0.6) is 0 Å². The fraction of sp³-hybridized carbons (Fsp3) is 0.579. The van der Waals surface area contributed by atoms with Gasteiger partial charge in [0, 0.05) is 20.8 Å². The number of alkyl halides is 6. The maximum absolute atomic E-state index is 13.5. The molecule has 0 saturated carbocycles. The van der Waals surface area contributed by atoms with E-state index in [9.17, 15) is 40.7 Å². The van der Waals surface area contributed by atoms with Gasteiger partial charge in [-0.25, -0.2) is 15.0 Å². The highest BCUT2D eigenvalue weighted by molar-refractivity contribution is 5.74. The van der Waals surface area contributed by atoms with Crippen molar-refractivity contribution in [1.82, 2.24) is 19.5 Å². The number of carbonyl (C=O) groups excluding carboxylic acids is 3. The van der Waals surface area contributed by atoms with Gasteiger partial charge >= 0.3 is 30.3 Å². The third kappa shape index (κ3) is 5.50. The van der Waals surface area contributed by atoms with Crippen molar-refractivity contribution in [1.29, 1.82) is 0 Å². The second-order valence-electron chi connectivity index (χ2n) is 7.67. The van der Waals surface area contributed by atoms with Crippen molar-refractivity contribution in [3.05, 3.63) is 17.8 Å². The van der Waals surface area contributed by atoms with Gasteiger partial charge in [0.25, 0.3) is 0 Å². The molecule has 0 amide bonds. The zero-order valence-electron chi connectivity index (χ0n) is 18.9. The standard InChI is InChI=1S/C19H18F6N4O7/c1-6-11(34-7(2)30)12(35-8(3)31)13(36-9(4)32)16(33-6)29-5-26-10-14(18(20,21)22)27-17(19(23,24)25)28-15(10)29/h5-6,11-13,16H,1-4H3/t6-,11-,12+,13+,16+/m0/s1. The summed E-state index contributed by atoms with van der Waals surface area (Å²) in [5.41, 5.74) is -3.95. The Bertz CT molecular complexity index is 1180. The summed E-state index contributed by atoms with van der Waals surface area (Å²) in [6, 6.07) is 0. The Kier molecular flexibility index (Phi) is 7.16. The number of fused-ring (bicyclic) bond motifs is 1. The minimum atomic E-state index is -5.36. The van der Waals surface area contributed by atoms with Crippen LogP contribution in [-0.2, 0) is 45.7 Å². The predicted octanol–water partition coefficient (Wildman–Crippen LogP) is 2.58. The molecule has 1 aliphatic heterocycles. The first-order valence-electron chi connectivity index (χ1n) is 10.1. The van der Waals surface area contributed by atoms with Crippen LogP contribution in [0, 0.1) is 0 Å². The monoisotopic (exact) mass is 528 g/mol. The minimum Gasteiger partial charge on any atom is -0.456 e. The number of halogens is 6. The number of hydrogen-bond acceptors (Lipinski definition) is 10. The van der Waals surface area contributed by atoms with Crippen LogP contribution in [0.2, 0.25) is 0 Å². The van der Waals surface area contributed by atoms with E-state index in [4.69, 9.17) is 18.9 Å². The highest BCUT2D eigenvalue weighted by atomic mass is 19.4. The molecule has 3 rings (SSSR count). The Morgan fingerprint density at radius 2 is 1.39 bits per heavy atom. The fourth-order valence-electron chi connectivity index (χ4n) is 3.64. The van der Waals surface area contributed by atoms with Crippen LogP contribution < -0.4 is 0 Å². The Hall–Kier alpha value is -3.50. The first-order valence-corrected chi connectivity index (χ1v) is 10.1. The van der Waals surface area contributed by atoms with Gasteiger partial charge in [0.2, 0.25) is 5.82 Å². The van der Waals surface area contributed by atoms with E-state index >= 15 is 0 Å². The van der Waals surface area contributed by atoms with Gasteiger partial charge in [-0.3, -0.25) is 19.0 Å². The molecule has 36 heavy (non-hydrogen) atoms. The quantitative estimate of drug-likeness (QED) is 0.331. The van der Waals surface area contributed by atoms with Crippen LogP contribution in [-0.4, -0.2) is 61.8 Å². The predicted molar refractivity (Wildman–Crippen MR) is 102 cm³/mol. The van der Waals surface area contributed by atoms with E-state index in [1.807, 2.05) is 0 Å². The van der Waals surface area contributed by atoms with E-state index in [1.54, 1.807) is 0 Å². The van der Waals surface area contributed by atoms with Gasteiger partial charge in [-0.05, 0) is 6.92 Å². The van der Waals surface area contributed by atoms with E-state index in [1.165, 1.54) is 6.92 Å². The van der Waals surface area contributed by atoms with Gasteiger partial charge in [-0.1, -0.05) is 0 Å². The van der Waals surface area contributed by atoms with Crippen LogP contribution in [0.3, 0.4) is 0 Å². The van der Waals surface area contributed by atoms with E-state index in [-0.39, 0.29) is 0 Å². The molecule has 198 valence electrons. The van der Waals surface area contributed by atoms with Crippen LogP contribution in [0.1, 0.15) is 45.4 Å². The SMILES string of the molecule is CC(=O)O[C@@H]1[C@@H](OC(C)=O)[C@H](C)O[C@@H](n2cnc3c(C(F)(F)F)nc(C(F)(F)F)nc32)[C@@H]1OC(C)=O. The summed E-state index contributed by atoms with van der Waals surface area (Å²) < 4.78 is 102. The molecule has 17 heteroatoms. The molecule has 0 N–H and O–H groups in total. The van der Waals surface area contributed by atoms with Gasteiger partial charge in [0.1, 0.15) is 5.52 Å². The summed E-state index contributed by atoms with van der Waals surface area (Å²) >= 11 is 0. The summed E-state index contributed by atoms with van der Waals surface area (Å²) in [6.45, 7) is 4.29. The summed E-state index contributed by atoms with van der Waals surface area (Å²) in [7, 11) is 0. The molecular weight excluding hydrogens is 510 g/mol. The second-order valence-corrected chi connectivity index (χ2v) is 7.67. The molecule has 0 aromatic carbocycles. The number of imidazole rings is 1. The summed E-state index contributed by atoms with van der Waals surface area (Å²) in [6.07, 6.45) is -17.5. The molecule has 1 saturated heterocycles. The van der Waals surface area contributed by atoms with Gasteiger partial charge < -0.3 is 18.9 Å². The van der Waals surface area contributed by atoms with E-state index in [2.05, 4.69) is 15.0 Å². The lowest BCUT2D eigenvalue weighted by molar-refractivity contribution is -0.259. The van der Waals surface area contributed by atoms with Crippen LogP contribution in [0.4, 0.5) is 26.3 Å². The third-order valence-corrected chi connectivity index (χ3v) is 4.87. The zero-order valence-corrected chi connectivity index (χ0v) is 18.9. The third-order valence-electron chi connectivity index (χ3n) is 4.87. The molecular formula is C19H18F6N4O7. The van der Waals surface area contributed by atoms with Gasteiger partial charge in [-0.15, -0.1) is 0 Å². The van der Waals surface area contributed by atoms with Crippen molar-refractivity contribution in [2.45, 2.75) is 70.7 Å². The Labute approximate surface area is 197 Å². The van der Waals surface area contributed by atoms with E-state index in [0.717, 1.165) is 20.8 Å². The normalized spacial score (nSPS) is 24.9. The largest absolute Gasteiger partial charge is 0.456 e. The number of carbonyl (C=O) groups is 3. The van der Waals surface area contributed by atoms with Crippen LogP contribution in [0.15, 0.2) is 6.33 Å². The molecule has 2 aromatic rings. The van der Waals surface area contributed by atoms with Gasteiger partial charge in [-0.2, -0.15) is 26.3 Å². The molecule has 5 atom stereocenters. The number of ether oxygens (including phenoxy) is 4. The fourth-order valence-corrected chi connectivity index (χ4v) is 3.64. The second kappa shape index (κ2) is 9.51.